The average Bonchev–Trinajstić information content (AvgIpc) is 2.19. The van der Waals surface area contributed by atoms with Gasteiger partial charge in [-0.25, -0.2) is 8.78 Å². The summed E-state index contributed by atoms with van der Waals surface area (Å²) in [6.45, 7) is 0. The van der Waals surface area contributed by atoms with E-state index < -0.39 is 23.5 Å². The SMILES string of the molecule is O=C(O)C(CCCl)c1cccc(F)c1F. The summed E-state index contributed by atoms with van der Waals surface area (Å²) in [4.78, 5) is 10.8. The van der Waals surface area contributed by atoms with Crippen LogP contribution in [-0.4, -0.2) is 17.0 Å². The van der Waals surface area contributed by atoms with Crippen LogP contribution >= 0.6 is 11.6 Å². The molecule has 1 atom stereocenters. The van der Waals surface area contributed by atoms with E-state index in [2.05, 4.69) is 0 Å². The van der Waals surface area contributed by atoms with Crippen molar-refractivity contribution in [2.24, 2.45) is 0 Å². The van der Waals surface area contributed by atoms with Crippen molar-refractivity contribution < 1.29 is 18.7 Å². The normalized spacial score (nSPS) is 12.5. The molecule has 0 amide bonds. The van der Waals surface area contributed by atoms with Gasteiger partial charge in [0.25, 0.3) is 0 Å². The highest BCUT2D eigenvalue weighted by molar-refractivity contribution is 6.18. The topological polar surface area (TPSA) is 37.3 Å². The second kappa shape index (κ2) is 5.07. The van der Waals surface area contributed by atoms with Crippen LogP contribution in [0.15, 0.2) is 18.2 Å². The van der Waals surface area contributed by atoms with Gasteiger partial charge in [-0.15, -0.1) is 11.6 Å². The van der Waals surface area contributed by atoms with Crippen molar-refractivity contribution in [3.63, 3.8) is 0 Å². The van der Waals surface area contributed by atoms with Gasteiger partial charge in [0.05, 0.1) is 5.92 Å². The van der Waals surface area contributed by atoms with E-state index in [0.29, 0.717) is 0 Å². The molecule has 0 aliphatic rings. The number of carboxylic acid groups (broad SMARTS) is 1. The smallest absolute Gasteiger partial charge is 0.311 e. The molecule has 0 heterocycles. The predicted molar refractivity (Wildman–Crippen MR) is 52.1 cm³/mol. The Bertz CT molecular complexity index is 368. The Labute approximate surface area is 90.5 Å². The minimum Gasteiger partial charge on any atom is -0.481 e. The quantitative estimate of drug-likeness (QED) is 0.814. The first-order chi connectivity index (χ1) is 7.07. The molecule has 1 aromatic carbocycles. The maximum absolute atomic E-state index is 13.3. The van der Waals surface area contributed by atoms with Gasteiger partial charge in [0.15, 0.2) is 11.6 Å². The van der Waals surface area contributed by atoms with E-state index in [1.807, 2.05) is 0 Å². The van der Waals surface area contributed by atoms with Gasteiger partial charge in [-0.2, -0.15) is 0 Å². The van der Waals surface area contributed by atoms with Gasteiger partial charge in [-0.05, 0) is 12.5 Å². The van der Waals surface area contributed by atoms with Crippen LogP contribution in [0.2, 0.25) is 0 Å². The fourth-order valence-corrected chi connectivity index (χ4v) is 1.53. The zero-order valence-electron chi connectivity index (χ0n) is 7.71. The number of hydrogen-bond donors (Lipinski definition) is 1. The monoisotopic (exact) mass is 234 g/mol. The van der Waals surface area contributed by atoms with Crippen LogP contribution in [0.1, 0.15) is 17.9 Å². The first-order valence-electron chi connectivity index (χ1n) is 4.30. The summed E-state index contributed by atoms with van der Waals surface area (Å²) in [6.07, 6.45) is 0.0667. The Morgan fingerprint density at radius 1 is 1.47 bits per heavy atom. The third-order valence-corrected chi connectivity index (χ3v) is 2.27. The third-order valence-electron chi connectivity index (χ3n) is 2.05. The van der Waals surface area contributed by atoms with Crippen molar-refractivity contribution in [3.05, 3.63) is 35.4 Å². The number of carbonyl (C=O) groups is 1. The minimum atomic E-state index is -1.21. The molecular formula is C10H9ClF2O2. The lowest BCUT2D eigenvalue weighted by Crippen LogP contribution is -2.14. The Kier molecular flexibility index (Phi) is 4.03. The first kappa shape index (κ1) is 11.9. The largest absolute Gasteiger partial charge is 0.481 e. The van der Waals surface area contributed by atoms with Gasteiger partial charge in [0.1, 0.15) is 0 Å². The Morgan fingerprint density at radius 2 is 2.13 bits per heavy atom. The van der Waals surface area contributed by atoms with Crippen LogP contribution < -0.4 is 0 Å². The fraction of sp³-hybridized carbons (Fsp3) is 0.300. The molecule has 1 unspecified atom stereocenters. The molecule has 1 N–H and O–H groups in total. The van der Waals surface area contributed by atoms with Gasteiger partial charge >= 0.3 is 5.97 Å². The van der Waals surface area contributed by atoms with Crippen LogP contribution in [-0.2, 0) is 4.79 Å². The van der Waals surface area contributed by atoms with E-state index in [4.69, 9.17) is 16.7 Å². The molecule has 0 saturated heterocycles. The molecular weight excluding hydrogens is 226 g/mol. The molecule has 0 radical (unpaired) electrons. The van der Waals surface area contributed by atoms with Crippen molar-refractivity contribution in [2.45, 2.75) is 12.3 Å². The van der Waals surface area contributed by atoms with Gasteiger partial charge < -0.3 is 5.11 Å². The van der Waals surface area contributed by atoms with Crippen molar-refractivity contribution in [1.29, 1.82) is 0 Å². The fourth-order valence-electron chi connectivity index (χ4n) is 1.31. The number of benzene rings is 1. The molecule has 1 rings (SSSR count). The molecule has 82 valence electrons. The van der Waals surface area contributed by atoms with Crippen LogP contribution in [0.4, 0.5) is 8.78 Å². The number of halogens is 3. The lowest BCUT2D eigenvalue weighted by atomic mass is 9.96. The zero-order valence-corrected chi connectivity index (χ0v) is 8.47. The van der Waals surface area contributed by atoms with Gasteiger partial charge in [0, 0.05) is 11.4 Å². The van der Waals surface area contributed by atoms with E-state index in [0.717, 1.165) is 6.07 Å². The van der Waals surface area contributed by atoms with Crippen molar-refractivity contribution in [2.75, 3.05) is 5.88 Å². The average molecular weight is 235 g/mol. The maximum Gasteiger partial charge on any atom is 0.311 e. The van der Waals surface area contributed by atoms with Crippen molar-refractivity contribution >= 4 is 17.6 Å². The standard InChI is InChI=1S/C10H9ClF2O2/c11-5-4-7(10(14)15)6-2-1-3-8(12)9(6)13/h1-3,7H,4-5H2,(H,14,15). The number of hydrogen-bond acceptors (Lipinski definition) is 1. The molecule has 5 heteroatoms. The molecule has 2 nitrogen and oxygen atoms in total. The first-order valence-corrected chi connectivity index (χ1v) is 4.84. The number of rotatable bonds is 4. The van der Waals surface area contributed by atoms with Gasteiger partial charge in [0.2, 0.25) is 0 Å². The second-order valence-corrected chi connectivity index (χ2v) is 3.39. The zero-order chi connectivity index (χ0) is 11.4. The summed E-state index contributed by atoms with van der Waals surface area (Å²) in [5.41, 5.74) is -0.164. The Hall–Kier alpha value is -1.16. The van der Waals surface area contributed by atoms with E-state index >= 15 is 0 Å². The summed E-state index contributed by atoms with van der Waals surface area (Å²) in [5, 5.41) is 8.83. The maximum atomic E-state index is 13.3. The summed E-state index contributed by atoms with van der Waals surface area (Å²) < 4.78 is 26.1. The molecule has 15 heavy (non-hydrogen) atoms. The molecule has 0 aromatic heterocycles. The van der Waals surface area contributed by atoms with E-state index in [9.17, 15) is 13.6 Å². The highest BCUT2D eigenvalue weighted by Gasteiger charge is 2.23. The Balaban J connectivity index is 3.11. The summed E-state index contributed by atoms with van der Waals surface area (Å²) in [6, 6.07) is 3.47. The summed E-state index contributed by atoms with van der Waals surface area (Å²) in [5.74, 6) is -4.39. The minimum absolute atomic E-state index is 0.0667. The van der Waals surface area contributed by atoms with Crippen molar-refractivity contribution in [1.82, 2.24) is 0 Å². The second-order valence-electron chi connectivity index (χ2n) is 3.01. The number of carboxylic acids is 1. The van der Waals surface area contributed by atoms with Crippen molar-refractivity contribution in [3.8, 4) is 0 Å². The molecule has 1 aromatic rings. The van der Waals surface area contributed by atoms with Crippen LogP contribution in [0.3, 0.4) is 0 Å². The summed E-state index contributed by atoms with van der Waals surface area (Å²) >= 11 is 5.40. The molecule has 0 aliphatic carbocycles. The van der Waals surface area contributed by atoms with Crippen LogP contribution in [0.25, 0.3) is 0 Å². The van der Waals surface area contributed by atoms with E-state index in [1.54, 1.807) is 0 Å². The predicted octanol–water partition coefficient (Wildman–Crippen LogP) is 2.76. The number of alkyl halides is 1. The van der Waals surface area contributed by atoms with Gasteiger partial charge in [-0.3, -0.25) is 4.79 Å². The highest BCUT2D eigenvalue weighted by Crippen LogP contribution is 2.24. The molecule has 0 bridgehead atoms. The van der Waals surface area contributed by atoms with E-state index in [1.165, 1.54) is 12.1 Å². The van der Waals surface area contributed by atoms with Crippen LogP contribution in [0, 0.1) is 11.6 Å². The highest BCUT2D eigenvalue weighted by atomic mass is 35.5. The molecule has 0 fully saturated rings. The molecule has 0 spiro atoms. The van der Waals surface area contributed by atoms with Crippen LogP contribution in [0.5, 0.6) is 0 Å². The number of aliphatic carboxylic acids is 1. The Morgan fingerprint density at radius 3 is 2.67 bits per heavy atom. The third kappa shape index (κ3) is 2.65. The lowest BCUT2D eigenvalue weighted by Gasteiger charge is -2.11. The van der Waals surface area contributed by atoms with Gasteiger partial charge in [-0.1, -0.05) is 12.1 Å². The lowest BCUT2D eigenvalue weighted by molar-refractivity contribution is -0.138. The molecule has 0 aliphatic heterocycles. The van der Waals surface area contributed by atoms with E-state index in [-0.39, 0.29) is 17.9 Å². The summed E-state index contributed by atoms with van der Waals surface area (Å²) in [7, 11) is 0. The molecule has 0 saturated carbocycles.